The minimum absolute atomic E-state index is 0.0987. The molecule has 0 aliphatic carbocycles. The van der Waals surface area contributed by atoms with Gasteiger partial charge >= 0.3 is 5.97 Å². The van der Waals surface area contributed by atoms with Gasteiger partial charge in [0.15, 0.2) is 12.4 Å². The second-order valence-electron chi connectivity index (χ2n) is 6.42. The fourth-order valence-corrected chi connectivity index (χ4v) is 4.68. The van der Waals surface area contributed by atoms with Crippen molar-refractivity contribution in [1.82, 2.24) is 0 Å². The van der Waals surface area contributed by atoms with Crippen LogP contribution in [0.25, 0.3) is 0 Å². The summed E-state index contributed by atoms with van der Waals surface area (Å²) >= 11 is 3.33. The summed E-state index contributed by atoms with van der Waals surface area (Å²) in [6.45, 7) is 2.26. The number of anilines is 1. The highest BCUT2D eigenvalue weighted by Crippen LogP contribution is 2.26. The van der Waals surface area contributed by atoms with Gasteiger partial charge in [-0.1, -0.05) is 48.6 Å². The highest BCUT2D eigenvalue weighted by Gasteiger charge is 2.16. The molecule has 1 aliphatic heterocycles. The molecule has 30 heavy (non-hydrogen) atoms. The summed E-state index contributed by atoms with van der Waals surface area (Å²) < 4.78 is 6.30. The fraction of sp³-hybridized carbons (Fsp3) is 0.273. The summed E-state index contributed by atoms with van der Waals surface area (Å²) in [5.41, 5.74) is 2.34. The van der Waals surface area contributed by atoms with Crippen LogP contribution in [0.1, 0.15) is 39.6 Å². The first-order chi connectivity index (χ1) is 14.6. The SMILES string of the molecule is CCC(=O)Nc1ccc(C(=O)COC(=O)c2ccccc2CSC2=NCCS2)cc1. The average Bonchev–Trinajstić information content (AvgIpc) is 3.30. The molecule has 0 unspecified atom stereocenters. The van der Waals surface area contributed by atoms with Crippen LogP contribution in [-0.2, 0) is 15.3 Å². The molecule has 0 atom stereocenters. The quantitative estimate of drug-likeness (QED) is 0.481. The summed E-state index contributed by atoms with van der Waals surface area (Å²) in [7, 11) is 0. The number of nitrogens with zero attached hydrogens (tertiary/aromatic N) is 1. The van der Waals surface area contributed by atoms with Gasteiger partial charge in [-0.2, -0.15) is 0 Å². The Kier molecular flexibility index (Phi) is 8.10. The predicted octanol–water partition coefficient (Wildman–Crippen LogP) is 4.41. The number of Topliss-reactive ketones (excluding diaryl/α,β-unsaturated/α-hetero) is 1. The molecular weight excluding hydrogens is 420 g/mol. The summed E-state index contributed by atoms with van der Waals surface area (Å²) in [6.07, 6.45) is 0.379. The van der Waals surface area contributed by atoms with Gasteiger partial charge in [0.05, 0.1) is 12.1 Å². The predicted molar refractivity (Wildman–Crippen MR) is 122 cm³/mol. The number of aliphatic imine (C=N–C) groups is 1. The summed E-state index contributed by atoms with van der Waals surface area (Å²) in [5.74, 6) is 0.696. The van der Waals surface area contributed by atoms with E-state index >= 15 is 0 Å². The maximum absolute atomic E-state index is 12.5. The molecule has 3 rings (SSSR count). The zero-order chi connectivity index (χ0) is 21.3. The average molecular weight is 443 g/mol. The van der Waals surface area contributed by atoms with E-state index < -0.39 is 5.97 Å². The number of ether oxygens (including phenoxy) is 1. The van der Waals surface area contributed by atoms with Crippen molar-refractivity contribution in [1.29, 1.82) is 0 Å². The van der Waals surface area contributed by atoms with E-state index in [1.165, 1.54) is 0 Å². The molecule has 1 N–H and O–H groups in total. The van der Waals surface area contributed by atoms with Gasteiger partial charge in [-0.25, -0.2) is 4.79 Å². The summed E-state index contributed by atoms with van der Waals surface area (Å²) in [4.78, 5) is 40.7. The number of nitrogens with one attached hydrogen (secondary N) is 1. The number of amides is 1. The highest BCUT2D eigenvalue weighted by atomic mass is 32.2. The minimum Gasteiger partial charge on any atom is -0.454 e. The first kappa shape index (κ1) is 22.1. The van der Waals surface area contributed by atoms with Crippen molar-refractivity contribution >= 4 is 51.2 Å². The van der Waals surface area contributed by atoms with E-state index in [9.17, 15) is 14.4 Å². The van der Waals surface area contributed by atoms with Crippen molar-refractivity contribution in [2.45, 2.75) is 19.1 Å². The summed E-state index contributed by atoms with van der Waals surface area (Å²) in [5, 5.41) is 2.72. The third kappa shape index (κ3) is 6.21. The zero-order valence-corrected chi connectivity index (χ0v) is 18.2. The van der Waals surface area contributed by atoms with Crippen molar-refractivity contribution in [2.24, 2.45) is 4.99 Å². The Morgan fingerprint density at radius 2 is 1.90 bits per heavy atom. The zero-order valence-electron chi connectivity index (χ0n) is 16.6. The second-order valence-corrected chi connectivity index (χ2v) is 8.73. The van der Waals surface area contributed by atoms with Gasteiger partial charge in [-0.3, -0.25) is 14.6 Å². The van der Waals surface area contributed by atoms with Gasteiger partial charge in [0, 0.05) is 29.2 Å². The second kappa shape index (κ2) is 11.0. The van der Waals surface area contributed by atoms with Gasteiger partial charge in [0.2, 0.25) is 5.91 Å². The molecule has 156 valence electrons. The Hall–Kier alpha value is -2.58. The first-order valence-corrected chi connectivity index (χ1v) is 11.5. The van der Waals surface area contributed by atoms with Crippen LogP contribution in [0.15, 0.2) is 53.5 Å². The highest BCUT2D eigenvalue weighted by molar-refractivity contribution is 8.38. The van der Waals surface area contributed by atoms with Gasteiger partial charge in [0.25, 0.3) is 0 Å². The van der Waals surface area contributed by atoms with Crippen LogP contribution in [0.3, 0.4) is 0 Å². The Balaban J connectivity index is 1.56. The maximum Gasteiger partial charge on any atom is 0.338 e. The largest absolute Gasteiger partial charge is 0.454 e. The molecule has 0 radical (unpaired) electrons. The molecule has 8 heteroatoms. The molecule has 0 bridgehead atoms. The van der Waals surface area contributed by atoms with E-state index in [0.29, 0.717) is 29.0 Å². The van der Waals surface area contributed by atoms with Crippen LogP contribution in [0.5, 0.6) is 0 Å². The Bertz CT molecular complexity index is 958. The van der Waals surface area contributed by atoms with Crippen molar-refractivity contribution in [2.75, 3.05) is 24.2 Å². The molecule has 2 aromatic rings. The van der Waals surface area contributed by atoms with Crippen molar-refractivity contribution < 1.29 is 19.1 Å². The van der Waals surface area contributed by atoms with Gasteiger partial charge in [-0.15, -0.1) is 0 Å². The van der Waals surface area contributed by atoms with Crippen LogP contribution in [0.2, 0.25) is 0 Å². The van der Waals surface area contributed by atoms with E-state index in [-0.39, 0.29) is 18.3 Å². The van der Waals surface area contributed by atoms with Crippen LogP contribution in [0.4, 0.5) is 5.69 Å². The van der Waals surface area contributed by atoms with E-state index in [2.05, 4.69) is 10.3 Å². The number of hydrogen-bond acceptors (Lipinski definition) is 7. The van der Waals surface area contributed by atoms with Gasteiger partial charge in [-0.05, 0) is 35.9 Å². The van der Waals surface area contributed by atoms with E-state index in [0.717, 1.165) is 22.2 Å². The number of carbonyl (C=O) groups is 3. The Morgan fingerprint density at radius 3 is 2.60 bits per heavy atom. The molecule has 0 aromatic heterocycles. The smallest absolute Gasteiger partial charge is 0.338 e. The lowest BCUT2D eigenvalue weighted by Crippen LogP contribution is -2.15. The molecule has 1 amide bonds. The number of carbonyl (C=O) groups excluding carboxylic acids is 3. The summed E-state index contributed by atoms with van der Waals surface area (Å²) in [6, 6.07) is 13.8. The Labute approximate surface area is 183 Å². The number of rotatable bonds is 8. The van der Waals surface area contributed by atoms with Crippen LogP contribution in [-0.4, -0.2) is 40.9 Å². The van der Waals surface area contributed by atoms with E-state index in [1.54, 1.807) is 66.8 Å². The molecule has 0 fully saturated rings. The molecule has 0 saturated heterocycles. The Morgan fingerprint density at radius 1 is 1.13 bits per heavy atom. The standard InChI is InChI=1S/C22H22N2O4S2/c1-2-20(26)24-17-9-7-15(8-10-17)19(25)13-28-21(27)18-6-4-3-5-16(18)14-30-22-23-11-12-29-22/h3-10H,2,11-14H2,1H3,(H,24,26). The number of esters is 1. The number of benzene rings is 2. The lowest BCUT2D eigenvalue weighted by Gasteiger charge is -2.09. The number of ketones is 1. The molecule has 1 aliphatic rings. The topological polar surface area (TPSA) is 84.8 Å². The number of thioether (sulfide) groups is 2. The monoisotopic (exact) mass is 442 g/mol. The normalized spacial score (nSPS) is 12.9. The third-order valence-electron chi connectivity index (χ3n) is 4.29. The molecular formula is C22H22N2O4S2. The van der Waals surface area contributed by atoms with Crippen LogP contribution in [0, 0.1) is 0 Å². The lowest BCUT2D eigenvalue weighted by atomic mass is 10.1. The van der Waals surface area contributed by atoms with Crippen LogP contribution < -0.4 is 5.32 Å². The molecule has 1 heterocycles. The maximum atomic E-state index is 12.5. The third-order valence-corrected chi connectivity index (χ3v) is 6.59. The van der Waals surface area contributed by atoms with E-state index in [4.69, 9.17) is 4.74 Å². The number of hydrogen-bond donors (Lipinski definition) is 1. The molecule has 2 aromatic carbocycles. The fourth-order valence-electron chi connectivity index (χ4n) is 2.67. The van der Waals surface area contributed by atoms with Crippen molar-refractivity contribution in [3.05, 3.63) is 65.2 Å². The van der Waals surface area contributed by atoms with Crippen LogP contribution >= 0.6 is 23.5 Å². The van der Waals surface area contributed by atoms with Crippen molar-refractivity contribution in [3.8, 4) is 0 Å². The molecule has 0 saturated carbocycles. The van der Waals surface area contributed by atoms with E-state index in [1.807, 2.05) is 12.1 Å². The minimum atomic E-state index is -0.521. The van der Waals surface area contributed by atoms with Crippen molar-refractivity contribution in [3.63, 3.8) is 0 Å². The molecule has 6 nitrogen and oxygen atoms in total. The molecule has 0 spiro atoms. The lowest BCUT2D eigenvalue weighted by molar-refractivity contribution is -0.115. The first-order valence-electron chi connectivity index (χ1n) is 9.55. The van der Waals surface area contributed by atoms with Gasteiger partial charge < -0.3 is 10.1 Å². The van der Waals surface area contributed by atoms with Gasteiger partial charge in [0.1, 0.15) is 4.38 Å².